The van der Waals surface area contributed by atoms with Gasteiger partial charge in [0.1, 0.15) is 13.2 Å². The molecule has 0 unspecified atom stereocenters. The molecule has 182 valence electrons. The van der Waals surface area contributed by atoms with E-state index in [0.717, 1.165) is 5.56 Å². The minimum absolute atomic E-state index is 0.0208. The Morgan fingerprint density at radius 2 is 1.76 bits per heavy atom. The fraction of sp³-hybridized carbons (Fsp3) is 0.440. The van der Waals surface area contributed by atoms with E-state index < -0.39 is 10.0 Å². The summed E-state index contributed by atoms with van der Waals surface area (Å²) in [7, 11) is -3.73. The van der Waals surface area contributed by atoms with Crippen LogP contribution >= 0.6 is 0 Å². The van der Waals surface area contributed by atoms with Crippen LogP contribution in [0.15, 0.2) is 47.4 Å². The van der Waals surface area contributed by atoms with Gasteiger partial charge in [-0.25, -0.2) is 8.42 Å². The average Bonchev–Trinajstić information content (AvgIpc) is 2.87. The third-order valence-corrected chi connectivity index (χ3v) is 8.28. The average molecular weight is 487 g/mol. The number of ketones is 1. The van der Waals surface area contributed by atoms with Gasteiger partial charge in [0.25, 0.3) is 0 Å². The number of piperidine rings is 1. The highest BCUT2D eigenvalue weighted by Crippen LogP contribution is 2.35. The van der Waals surface area contributed by atoms with Gasteiger partial charge in [0.05, 0.1) is 4.90 Å². The van der Waals surface area contributed by atoms with Gasteiger partial charge >= 0.3 is 0 Å². The molecule has 4 rings (SSSR count). The van der Waals surface area contributed by atoms with Crippen LogP contribution in [0.3, 0.4) is 0 Å². The second-order valence-corrected chi connectivity index (χ2v) is 10.5. The first-order chi connectivity index (χ1) is 16.3. The number of benzene rings is 2. The fourth-order valence-electron chi connectivity index (χ4n) is 4.44. The summed E-state index contributed by atoms with van der Waals surface area (Å²) in [5.41, 5.74) is 1.26. The minimum Gasteiger partial charge on any atom is -0.486 e. The smallest absolute Gasteiger partial charge is 0.243 e. The number of ether oxygens (including phenoxy) is 2. The van der Waals surface area contributed by atoms with Gasteiger partial charge in [-0.2, -0.15) is 4.31 Å². The van der Waals surface area contributed by atoms with Gasteiger partial charge in [-0.15, -0.1) is 0 Å². The Kier molecular flexibility index (Phi) is 7.23. The molecule has 2 aliphatic rings. The summed E-state index contributed by atoms with van der Waals surface area (Å²) in [6, 6.07) is 11.8. The number of hydrogen-bond acceptors (Lipinski definition) is 6. The molecule has 1 amide bonds. The fourth-order valence-corrected chi connectivity index (χ4v) is 5.95. The number of sulfonamides is 1. The molecular formula is C25H30N2O6S. The molecule has 1 fully saturated rings. The van der Waals surface area contributed by atoms with Crippen molar-refractivity contribution >= 4 is 21.7 Å². The summed E-state index contributed by atoms with van der Waals surface area (Å²) in [6.45, 7) is 5.81. The van der Waals surface area contributed by atoms with Crippen molar-refractivity contribution in [2.24, 2.45) is 5.92 Å². The van der Waals surface area contributed by atoms with Crippen LogP contribution < -0.4 is 9.47 Å². The Hall–Kier alpha value is -2.91. The number of para-hydroxylation sites is 1. The lowest BCUT2D eigenvalue weighted by atomic mass is 9.96. The lowest BCUT2D eigenvalue weighted by molar-refractivity contribution is -0.137. The van der Waals surface area contributed by atoms with Gasteiger partial charge in [-0.3, -0.25) is 9.59 Å². The third kappa shape index (κ3) is 4.95. The highest BCUT2D eigenvalue weighted by molar-refractivity contribution is 7.89. The summed E-state index contributed by atoms with van der Waals surface area (Å²) in [5.74, 6) is 0.977. The molecule has 0 spiro atoms. The van der Waals surface area contributed by atoms with Crippen LogP contribution in [0.25, 0.3) is 0 Å². The molecule has 0 atom stereocenters. The molecule has 0 bridgehead atoms. The van der Waals surface area contributed by atoms with E-state index in [4.69, 9.17) is 9.47 Å². The summed E-state index contributed by atoms with van der Waals surface area (Å²) in [6.07, 6.45) is 0.904. The van der Waals surface area contributed by atoms with E-state index in [0.29, 0.717) is 56.2 Å². The molecule has 2 heterocycles. The van der Waals surface area contributed by atoms with Gasteiger partial charge in [-0.1, -0.05) is 24.3 Å². The zero-order valence-electron chi connectivity index (χ0n) is 19.5. The maximum absolute atomic E-state index is 13.3. The first-order valence-electron chi connectivity index (χ1n) is 11.6. The van der Waals surface area contributed by atoms with Crippen molar-refractivity contribution in [3.63, 3.8) is 0 Å². The lowest BCUT2D eigenvalue weighted by Gasteiger charge is -2.34. The second kappa shape index (κ2) is 10.1. The van der Waals surface area contributed by atoms with Crippen LogP contribution in [0.2, 0.25) is 0 Å². The number of carbonyl (C=O) groups excluding carboxylic acids is 2. The molecule has 2 aliphatic heterocycles. The number of hydrogen-bond donors (Lipinski definition) is 0. The Bertz CT molecular complexity index is 1170. The van der Waals surface area contributed by atoms with Gasteiger partial charge in [0.2, 0.25) is 15.9 Å². The van der Waals surface area contributed by atoms with Crippen LogP contribution in [0, 0.1) is 5.92 Å². The molecule has 0 N–H and O–H groups in total. The first kappa shape index (κ1) is 24.2. The summed E-state index contributed by atoms with van der Waals surface area (Å²) in [4.78, 5) is 26.9. The normalized spacial score (nSPS) is 16.8. The molecule has 0 saturated carbocycles. The van der Waals surface area contributed by atoms with Gasteiger partial charge in [0.15, 0.2) is 17.3 Å². The summed E-state index contributed by atoms with van der Waals surface area (Å²) in [5, 5.41) is 0. The highest BCUT2D eigenvalue weighted by atomic mass is 32.2. The molecule has 1 saturated heterocycles. The number of Topliss-reactive ketones (excluding diaryl/α,β-unsaturated/α-hetero) is 1. The van der Waals surface area contributed by atoms with Crippen LogP contribution in [0.5, 0.6) is 11.5 Å². The van der Waals surface area contributed by atoms with E-state index in [2.05, 4.69) is 0 Å². The Balaban J connectivity index is 1.42. The van der Waals surface area contributed by atoms with Crippen molar-refractivity contribution in [3.8, 4) is 11.5 Å². The quantitative estimate of drug-likeness (QED) is 0.559. The van der Waals surface area contributed by atoms with Crippen LogP contribution in [-0.2, 0) is 21.4 Å². The van der Waals surface area contributed by atoms with E-state index in [1.54, 1.807) is 17.0 Å². The van der Waals surface area contributed by atoms with E-state index in [1.165, 1.54) is 23.4 Å². The van der Waals surface area contributed by atoms with E-state index in [1.807, 2.05) is 25.1 Å². The monoisotopic (exact) mass is 486 g/mol. The SMILES string of the molecule is CCN(Cc1cccc2c1OCCO2)C(=O)C1CCN(S(=O)(=O)c2cccc(C(C)=O)c2)CC1. The van der Waals surface area contributed by atoms with E-state index in [9.17, 15) is 18.0 Å². The zero-order valence-corrected chi connectivity index (χ0v) is 20.3. The zero-order chi connectivity index (χ0) is 24.3. The molecule has 0 radical (unpaired) electrons. The second-order valence-electron chi connectivity index (χ2n) is 8.56. The van der Waals surface area contributed by atoms with Gasteiger partial charge < -0.3 is 14.4 Å². The number of carbonyl (C=O) groups is 2. The molecule has 9 heteroatoms. The topological polar surface area (TPSA) is 93.2 Å². The standard InChI is InChI=1S/C25H30N2O6S/c1-3-26(17-21-7-5-9-23-24(21)33-15-14-32-23)25(29)19-10-12-27(13-11-19)34(30,31)22-8-4-6-20(16-22)18(2)28/h4-9,16,19H,3,10-15,17H2,1-2H3. The van der Waals surface area contributed by atoms with Crippen LogP contribution in [0.4, 0.5) is 0 Å². The minimum atomic E-state index is -3.73. The number of amides is 1. The summed E-state index contributed by atoms with van der Waals surface area (Å²) >= 11 is 0. The Labute approximate surface area is 200 Å². The molecule has 2 aromatic carbocycles. The van der Waals surface area contributed by atoms with Gasteiger partial charge in [0, 0.05) is 43.2 Å². The highest BCUT2D eigenvalue weighted by Gasteiger charge is 2.34. The van der Waals surface area contributed by atoms with Gasteiger partial charge in [-0.05, 0) is 44.9 Å². The number of rotatable bonds is 7. The van der Waals surface area contributed by atoms with Crippen molar-refractivity contribution in [2.45, 2.75) is 38.1 Å². The van der Waals surface area contributed by atoms with Crippen molar-refractivity contribution in [1.29, 1.82) is 0 Å². The predicted octanol–water partition coefficient (Wildman–Crippen LogP) is 3.11. The maximum atomic E-state index is 13.3. The number of fused-ring (bicyclic) bond motifs is 1. The molecule has 0 aliphatic carbocycles. The maximum Gasteiger partial charge on any atom is 0.243 e. The predicted molar refractivity (Wildman–Crippen MR) is 126 cm³/mol. The molecule has 8 nitrogen and oxygen atoms in total. The molecule has 2 aromatic rings. The van der Waals surface area contributed by atoms with Crippen LogP contribution in [0.1, 0.15) is 42.6 Å². The summed E-state index contributed by atoms with van der Waals surface area (Å²) < 4.78 is 39.0. The van der Waals surface area contributed by atoms with Crippen molar-refractivity contribution in [2.75, 3.05) is 32.8 Å². The van der Waals surface area contributed by atoms with E-state index >= 15 is 0 Å². The van der Waals surface area contributed by atoms with Crippen LogP contribution in [-0.4, -0.2) is 62.2 Å². The van der Waals surface area contributed by atoms with E-state index in [-0.39, 0.29) is 35.6 Å². The molecular weight excluding hydrogens is 456 g/mol. The molecule has 34 heavy (non-hydrogen) atoms. The van der Waals surface area contributed by atoms with Crippen molar-refractivity contribution in [3.05, 3.63) is 53.6 Å². The third-order valence-electron chi connectivity index (χ3n) is 6.38. The van der Waals surface area contributed by atoms with Crippen molar-refractivity contribution in [1.82, 2.24) is 9.21 Å². The first-order valence-corrected chi connectivity index (χ1v) is 13.0. The van der Waals surface area contributed by atoms with Crippen molar-refractivity contribution < 1.29 is 27.5 Å². The lowest BCUT2D eigenvalue weighted by Crippen LogP contribution is -2.44. The largest absolute Gasteiger partial charge is 0.486 e. The number of nitrogens with zero attached hydrogens (tertiary/aromatic N) is 2. The Morgan fingerprint density at radius 1 is 1.06 bits per heavy atom. The molecule has 0 aromatic heterocycles. The Morgan fingerprint density at radius 3 is 2.47 bits per heavy atom.